The van der Waals surface area contributed by atoms with Crippen molar-refractivity contribution >= 4 is 27.5 Å². The second kappa shape index (κ2) is 6.91. The molecule has 1 amide bonds. The van der Waals surface area contributed by atoms with Gasteiger partial charge in [-0.25, -0.2) is 0 Å². The quantitative estimate of drug-likeness (QED) is 0.831. The van der Waals surface area contributed by atoms with Gasteiger partial charge in [-0.1, -0.05) is 15.9 Å². The maximum atomic E-state index is 11.8. The van der Waals surface area contributed by atoms with Crippen molar-refractivity contribution in [3.8, 4) is 0 Å². The van der Waals surface area contributed by atoms with E-state index in [2.05, 4.69) is 26.0 Å². The Bertz CT molecular complexity index is 449. The molecular weight excluding hydrogens is 327 g/mol. The molecule has 0 aliphatic heterocycles. The first-order valence-electron chi connectivity index (χ1n) is 5.48. The second-order valence-corrected chi connectivity index (χ2v) is 4.84. The highest BCUT2D eigenvalue weighted by Crippen LogP contribution is 2.20. The van der Waals surface area contributed by atoms with E-state index in [1.165, 1.54) is 0 Å². The third-order valence-corrected chi connectivity index (χ3v) is 2.69. The Morgan fingerprint density at radius 3 is 2.68 bits per heavy atom. The topological polar surface area (TPSA) is 38.3 Å². The minimum absolute atomic E-state index is 0.119. The van der Waals surface area contributed by atoms with Crippen LogP contribution in [0.15, 0.2) is 22.7 Å². The zero-order valence-electron chi connectivity index (χ0n) is 10.2. The van der Waals surface area contributed by atoms with Gasteiger partial charge < -0.3 is 10.1 Å². The maximum absolute atomic E-state index is 11.8. The Morgan fingerprint density at radius 2 is 2.11 bits per heavy atom. The lowest BCUT2D eigenvalue weighted by Gasteiger charge is -2.10. The average molecular weight is 340 g/mol. The Morgan fingerprint density at radius 1 is 1.42 bits per heavy atom. The Kier molecular flexibility index (Phi) is 5.81. The van der Waals surface area contributed by atoms with Gasteiger partial charge >= 0.3 is 6.18 Å². The predicted octanol–water partition coefficient (Wildman–Crippen LogP) is 3.67. The van der Waals surface area contributed by atoms with Crippen LogP contribution in [0.3, 0.4) is 0 Å². The number of carbonyl (C=O) groups is 1. The van der Waals surface area contributed by atoms with Crippen LogP contribution >= 0.6 is 15.9 Å². The lowest BCUT2D eigenvalue weighted by molar-refractivity contribution is -0.174. The number of hydrogen-bond donors (Lipinski definition) is 1. The summed E-state index contributed by atoms with van der Waals surface area (Å²) < 4.78 is 40.6. The van der Waals surface area contributed by atoms with Crippen molar-refractivity contribution in [3.05, 3.63) is 28.2 Å². The molecular formula is C12H13BrF3NO2. The van der Waals surface area contributed by atoms with Crippen molar-refractivity contribution in [2.45, 2.75) is 19.5 Å². The van der Waals surface area contributed by atoms with E-state index < -0.39 is 12.8 Å². The van der Waals surface area contributed by atoms with Gasteiger partial charge in [0, 0.05) is 10.2 Å². The van der Waals surface area contributed by atoms with Crippen molar-refractivity contribution < 1.29 is 22.7 Å². The van der Waals surface area contributed by atoms with Crippen molar-refractivity contribution in [2.24, 2.45) is 0 Å². The van der Waals surface area contributed by atoms with Crippen LogP contribution in [0.25, 0.3) is 0 Å². The number of carbonyl (C=O) groups excluding carboxylic acids is 1. The molecule has 0 bridgehead atoms. The molecule has 1 aromatic rings. The molecule has 1 aromatic carbocycles. The molecule has 0 aliphatic carbocycles. The molecule has 0 heterocycles. The molecule has 0 spiro atoms. The summed E-state index contributed by atoms with van der Waals surface area (Å²) in [4.78, 5) is 11.5. The number of nitrogens with one attached hydrogen (secondary N) is 1. The van der Waals surface area contributed by atoms with Crippen molar-refractivity contribution in [3.63, 3.8) is 0 Å². The van der Waals surface area contributed by atoms with E-state index in [4.69, 9.17) is 0 Å². The van der Waals surface area contributed by atoms with Crippen molar-refractivity contribution in [1.29, 1.82) is 0 Å². The van der Waals surface area contributed by atoms with Gasteiger partial charge in [0.05, 0.1) is 13.0 Å². The van der Waals surface area contributed by atoms with Gasteiger partial charge in [-0.15, -0.1) is 0 Å². The van der Waals surface area contributed by atoms with E-state index in [9.17, 15) is 18.0 Å². The summed E-state index contributed by atoms with van der Waals surface area (Å²) >= 11 is 3.29. The standard InChI is InChI=1S/C12H13BrF3NO2/c1-8-6-9(13)2-3-10(8)17-11(18)4-5-19-7-12(14,15)16/h2-3,6H,4-5,7H2,1H3,(H,17,18). The minimum Gasteiger partial charge on any atom is -0.372 e. The first kappa shape index (κ1) is 16.0. The number of aryl methyl sites for hydroxylation is 1. The lowest BCUT2D eigenvalue weighted by atomic mass is 10.2. The Labute approximate surface area is 117 Å². The molecule has 1 rings (SSSR count). The monoisotopic (exact) mass is 339 g/mol. The predicted molar refractivity (Wildman–Crippen MR) is 69.0 cm³/mol. The summed E-state index contributed by atoms with van der Waals surface area (Å²) in [6, 6.07) is 5.31. The maximum Gasteiger partial charge on any atom is 0.411 e. The first-order chi connectivity index (χ1) is 8.78. The van der Waals surface area contributed by atoms with Crippen LogP contribution in [0.2, 0.25) is 0 Å². The second-order valence-electron chi connectivity index (χ2n) is 3.93. The number of alkyl halides is 3. The van der Waals surface area contributed by atoms with Crippen LogP contribution in [0, 0.1) is 6.92 Å². The van der Waals surface area contributed by atoms with Crippen LogP contribution in [0.5, 0.6) is 0 Å². The molecule has 0 aromatic heterocycles. The zero-order valence-corrected chi connectivity index (χ0v) is 11.8. The van der Waals surface area contributed by atoms with Crippen molar-refractivity contribution in [1.82, 2.24) is 0 Å². The van der Waals surface area contributed by atoms with Crippen LogP contribution < -0.4 is 5.32 Å². The number of ether oxygens (including phenoxy) is 1. The third-order valence-electron chi connectivity index (χ3n) is 2.20. The van der Waals surface area contributed by atoms with Crippen LogP contribution in [-0.4, -0.2) is 25.3 Å². The van der Waals surface area contributed by atoms with Gasteiger partial charge in [-0.05, 0) is 30.7 Å². The van der Waals surface area contributed by atoms with E-state index in [1.54, 1.807) is 12.1 Å². The summed E-state index contributed by atoms with van der Waals surface area (Å²) in [5.41, 5.74) is 1.49. The third kappa shape index (κ3) is 6.58. The molecule has 0 saturated heterocycles. The van der Waals surface area contributed by atoms with Crippen molar-refractivity contribution in [2.75, 3.05) is 18.5 Å². The Balaban J connectivity index is 2.35. The van der Waals surface area contributed by atoms with E-state index >= 15 is 0 Å². The summed E-state index contributed by atoms with van der Waals surface area (Å²) in [6.45, 7) is 0.221. The van der Waals surface area contributed by atoms with E-state index in [0.717, 1.165) is 10.0 Å². The van der Waals surface area contributed by atoms with Gasteiger partial charge in [0.2, 0.25) is 5.91 Å². The van der Waals surface area contributed by atoms with Gasteiger partial charge in [0.1, 0.15) is 6.61 Å². The number of hydrogen-bond acceptors (Lipinski definition) is 2. The fourth-order valence-corrected chi connectivity index (χ4v) is 1.81. The number of amides is 1. The highest BCUT2D eigenvalue weighted by molar-refractivity contribution is 9.10. The van der Waals surface area contributed by atoms with E-state index in [1.807, 2.05) is 13.0 Å². The van der Waals surface area contributed by atoms with Gasteiger partial charge in [-0.3, -0.25) is 4.79 Å². The number of anilines is 1. The molecule has 106 valence electrons. The summed E-state index contributed by atoms with van der Waals surface area (Å²) in [7, 11) is 0. The average Bonchev–Trinajstić information content (AvgIpc) is 2.27. The van der Waals surface area contributed by atoms with E-state index in [0.29, 0.717) is 5.69 Å². The van der Waals surface area contributed by atoms with Crippen LogP contribution in [0.4, 0.5) is 18.9 Å². The normalized spacial score (nSPS) is 11.4. The van der Waals surface area contributed by atoms with Crippen LogP contribution in [0.1, 0.15) is 12.0 Å². The van der Waals surface area contributed by atoms with Gasteiger partial charge in [0.15, 0.2) is 0 Å². The molecule has 0 unspecified atom stereocenters. The molecule has 0 atom stereocenters. The SMILES string of the molecule is Cc1cc(Br)ccc1NC(=O)CCOCC(F)(F)F. The number of benzene rings is 1. The minimum atomic E-state index is -4.36. The van der Waals surface area contributed by atoms with Gasteiger partial charge in [0.25, 0.3) is 0 Å². The molecule has 19 heavy (non-hydrogen) atoms. The lowest BCUT2D eigenvalue weighted by Crippen LogP contribution is -2.20. The molecule has 0 radical (unpaired) electrons. The van der Waals surface area contributed by atoms with E-state index in [-0.39, 0.29) is 18.9 Å². The highest BCUT2D eigenvalue weighted by Gasteiger charge is 2.27. The molecule has 0 aliphatic rings. The summed E-state index contributed by atoms with van der Waals surface area (Å²) in [5, 5.41) is 2.61. The zero-order chi connectivity index (χ0) is 14.5. The van der Waals surface area contributed by atoms with Crippen LogP contribution in [-0.2, 0) is 9.53 Å². The summed E-state index contributed by atoms with van der Waals surface area (Å²) in [6.07, 6.45) is -4.48. The fourth-order valence-electron chi connectivity index (χ4n) is 1.33. The Hall–Kier alpha value is -1.08. The highest BCUT2D eigenvalue weighted by atomic mass is 79.9. The number of halogens is 4. The molecule has 0 fully saturated rings. The fraction of sp³-hybridized carbons (Fsp3) is 0.417. The number of rotatable bonds is 5. The first-order valence-corrected chi connectivity index (χ1v) is 6.28. The smallest absolute Gasteiger partial charge is 0.372 e. The molecule has 0 saturated carbocycles. The summed E-state index contributed by atoms with van der Waals surface area (Å²) in [5.74, 6) is -0.382. The molecule has 3 nitrogen and oxygen atoms in total. The molecule has 7 heteroatoms. The van der Waals surface area contributed by atoms with Gasteiger partial charge in [-0.2, -0.15) is 13.2 Å². The molecule has 1 N–H and O–H groups in total. The largest absolute Gasteiger partial charge is 0.411 e.